The lowest BCUT2D eigenvalue weighted by Crippen LogP contribution is -2.35. The maximum Gasteiger partial charge on any atom is 0.170 e. The van der Waals surface area contributed by atoms with Crippen molar-refractivity contribution in [1.82, 2.24) is 20.1 Å². The molecule has 4 rings (SSSR count). The Balaban J connectivity index is 1.62. The number of benzene rings is 1. The summed E-state index contributed by atoms with van der Waals surface area (Å²) >= 11 is 13.2. The first-order valence-corrected chi connectivity index (χ1v) is 11.3. The molecule has 5 nitrogen and oxygen atoms in total. The lowest BCUT2D eigenvalue weighted by molar-refractivity contribution is 0.239. The highest BCUT2D eigenvalue weighted by Gasteiger charge is 2.41. The van der Waals surface area contributed by atoms with Gasteiger partial charge in [-0.15, -0.1) is 0 Å². The van der Waals surface area contributed by atoms with Crippen LogP contribution < -0.4 is 5.32 Å². The smallest absolute Gasteiger partial charge is 0.170 e. The van der Waals surface area contributed by atoms with Gasteiger partial charge in [-0.25, -0.2) is 0 Å². The lowest BCUT2D eigenvalue weighted by atomic mass is 10.0. The normalized spacial score (nSPS) is 18.8. The summed E-state index contributed by atoms with van der Waals surface area (Å²) in [5, 5.41) is 5.73. The molecule has 2 aromatic heterocycles. The van der Waals surface area contributed by atoms with Gasteiger partial charge in [0.2, 0.25) is 0 Å². The minimum atomic E-state index is -0.0691. The third-order valence-corrected chi connectivity index (χ3v) is 6.44. The Labute approximate surface area is 191 Å². The Kier molecular flexibility index (Phi) is 6.63. The lowest BCUT2D eigenvalue weighted by Gasteiger charge is -2.27. The van der Waals surface area contributed by atoms with E-state index in [1.54, 1.807) is 11.8 Å². The Morgan fingerprint density at radius 3 is 2.67 bits per heavy atom. The predicted molar refractivity (Wildman–Crippen MR) is 125 cm³/mol. The number of rotatable bonds is 7. The first kappa shape index (κ1) is 21.2. The van der Waals surface area contributed by atoms with Crippen LogP contribution in [0.25, 0.3) is 0 Å². The number of pyridine rings is 1. The van der Waals surface area contributed by atoms with E-state index in [-0.39, 0.29) is 12.1 Å². The monoisotopic (exact) mass is 458 g/mol. The SMILES string of the molecule is CN(C)CCN1C(=S)N[C@H](c2ccccn2)[C@H]1c1ccc(Sc2ccc(Cl)cc2)o1. The molecule has 30 heavy (non-hydrogen) atoms. The van der Waals surface area contributed by atoms with Gasteiger partial charge < -0.3 is 19.5 Å². The van der Waals surface area contributed by atoms with E-state index < -0.39 is 0 Å². The van der Waals surface area contributed by atoms with Gasteiger partial charge in [0.15, 0.2) is 10.2 Å². The summed E-state index contributed by atoms with van der Waals surface area (Å²) in [5.74, 6) is 0.869. The number of hydrogen-bond acceptors (Lipinski definition) is 5. The molecule has 0 saturated carbocycles. The van der Waals surface area contributed by atoms with E-state index in [1.807, 2.05) is 60.8 Å². The molecule has 0 amide bonds. The molecule has 1 aliphatic rings. The summed E-state index contributed by atoms with van der Waals surface area (Å²) in [4.78, 5) is 9.99. The summed E-state index contributed by atoms with van der Waals surface area (Å²) in [6.07, 6.45) is 1.81. The molecule has 0 spiro atoms. The molecule has 0 bridgehead atoms. The number of furan rings is 1. The third kappa shape index (κ3) is 4.81. The standard InChI is InChI=1S/C22H23ClN4OS2/c1-26(2)13-14-27-21(20(25-22(27)29)17-5-3-4-12-24-17)18-10-11-19(28-18)30-16-8-6-15(23)7-9-16/h3-12,20-21H,13-14H2,1-2H3,(H,25,29)/t20-,21-/m1/s1. The van der Waals surface area contributed by atoms with E-state index in [9.17, 15) is 0 Å². The second kappa shape index (κ2) is 9.39. The van der Waals surface area contributed by atoms with Gasteiger partial charge in [-0.1, -0.05) is 29.4 Å². The van der Waals surface area contributed by atoms with Crippen molar-refractivity contribution in [2.24, 2.45) is 0 Å². The maximum absolute atomic E-state index is 6.29. The highest BCUT2D eigenvalue weighted by Crippen LogP contribution is 2.41. The molecule has 3 heterocycles. The van der Waals surface area contributed by atoms with Gasteiger partial charge in [0.05, 0.1) is 11.7 Å². The highest BCUT2D eigenvalue weighted by atomic mass is 35.5. The van der Waals surface area contributed by atoms with Crippen LogP contribution in [0.1, 0.15) is 23.5 Å². The second-order valence-corrected chi connectivity index (χ2v) is 9.24. The first-order chi connectivity index (χ1) is 14.5. The molecule has 1 aromatic carbocycles. The molecule has 2 atom stereocenters. The Morgan fingerprint density at radius 2 is 1.97 bits per heavy atom. The average molecular weight is 459 g/mol. The van der Waals surface area contributed by atoms with Crippen molar-refractivity contribution in [3.63, 3.8) is 0 Å². The van der Waals surface area contributed by atoms with Gasteiger partial charge in [-0.2, -0.15) is 0 Å². The third-order valence-electron chi connectivity index (χ3n) is 4.91. The van der Waals surface area contributed by atoms with Gasteiger partial charge in [0.25, 0.3) is 0 Å². The van der Waals surface area contributed by atoms with Crippen LogP contribution in [0.2, 0.25) is 5.02 Å². The second-order valence-electron chi connectivity index (χ2n) is 7.34. The Bertz CT molecular complexity index is 994. The van der Waals surface area contributed by atoms with Crippen LogP contribution in [0.15, 0.2) is 75.2 Å². The summed E-state index contributed by atoms with van der Waals surface area (Å²) in [5.41, 5.74) is 0.945. The zero-order chi connectivity index (χ0) is 21.1. The number of hydrogen-bond donors (Lipinski definition) is 1. The van der Waals surface area contributed by atoms with Gasteiger partial charge in [0, 0.05) is 29.2 Å². The van der Waals surface area contributed by atoms with E-state index in [4.69, 9.17) is 28.2 Å². The quantitative estimate of drug-likeness (QED) is 0.499. The molecule has 3 aromatic rings. The number of nitrogens with zero attached hydrogens (tertiary/aromatic N) is 3. The zero-order valence-electron chi connectivity index (χ0n) is 16.8. The van der Waals surface area contributed by atoms with Crippen LogP contribution in [0.4, 0.5) is 0 Å². The number of halogens is 1. The Morgan fingerprint density at radius 1 is 1.17 bits per heavy atom. The number of thiocarbonyl (C=S) groups is 1. The van der Waals surface area contributed by atoms with Gasteiger partial charge in [0.1, 0.15) is 11.8 Å². The molecule has 0 unspecified atom stereocenters. The average Bonchev–Trinajstić information content (AvgIpc) is 3.32. The van der Waals surface area contributed by atoms with Gasteiger partial charge >= 0.3 is 0 Å². The molecule has 156 valence electrons. The van der Waals surface area contributed by atoms with E-state index in [0.717, 1.165) is 44.7 Å². The van der Waals surface area contributed by atoms with Gasteiger partial charge in [-0.3, -0.25) is 4.98 Å². The van der Waals surface area contributed by atoms with E-state index >= 15 is 0 Å². The van der Waals surface area contributed by atoms with Crippen molar-refractivity contribution in [3.8, 4) is 0 Å². The van der Waals surface area contributed by atoms with Gasteiger partial charge in [-0.05, 0) is 74.8 Å². The maximum atomic E-state index is 6.29. The number of likely N-dealkylation sites (N-methyl/N-ethyl adjacent to an activating group) is 1. The highest BCUT2D eigenvalue weighted by molar-refractivity contribution is 7.99. The van der Waals surface area contributed by atoms with Crippen molar-refractivity contribution in [1.29, 1.82) is 0 Å². The van der Waals surface area contributed by atoms with Crippen LogP contribution in [-0.2, 0) is 0 Å². The van der Waals surface area contributed by atoms with Crippen molar-refractivity contribution in [2.45, 2.75) is 22.1 Å². The fourth-order valence-electron chi connectivity index (χ4n) is 3.43. The van der Waals surface area contributed by atoms with Crippen LogP contribution in [0, 0.1) is 0 Å². The van der Waals surface area contributed by atoms with Crippen LogP contribution in [-0.4, -0.2) is 47.1 Å². The summed E-state index contributed by atoms with van der Waals surface area (Å²) in [7, 11) is 4.12. The largest absolute Gasteiger partial charge is 0.452 e. The van der Waals surface area contributed by atoms with Crippen LogP contribution in [0.3, 0.4) is 0 Å². The molecule has 1 aliphatic heterocycles. The molecular weight excluding hydrogens is 436 g/mol. The van der Waals surface area contributed by atoms with E-state index in [1.165, 1.54) is 0 Å². The molecule has 0 aliphatic carbocycles. The molecule has 1 N–H and O–H groups in total. The summed E-state index contributed by atoms with van der Waals surface area (Å²) < 4.78 is 6.29. The summed E-state index contributed by atoms with van der Waals surface area (Å²) in [6, 6.07) is 17.6. The van der Waals surface area contributed by atoms with Crippen LogP contribution >= 0.6 is 35.6 Å². The fourth-order valence-corrected chi connectivity index (χ4v) is 4.67. The summed E-state index contributed by atoms with van der Waals surface area (Å²) in [6.45, 7) is 1.69. The molecule has 1 fully saturated rings. The first-order valence-electron chi connectivity index (χ1n) is 9.67. The van der Waals surface area contributed by atoms with E-state index in [2.05, 4.69) is 34.2 Å². The van der Waals surface area contributed by atoms with Crippen molar-refractivity contribution < 1.29 is 4.42 Å². The zero-order valence-corrected chi connectivity index (χ0v) is 19.2. The minimum Gasteiger partial charge on any atom is -0.452 e. The number of aromatic nitrogens is 1. The van der Waals surface area contributed by atoms with Crippen molar-refractivity contribution >= 4 is 40.7 Å². The predicted octanol–water partition coefficient (Wildman–Crippen LogP) is 5.01. The molecule has 0 radical (unpaired) electrons. The molecule has 1 saturated heterocycles. The van der Waals surface area contributed by atoms with E-state index in [0.29, 0.717) is 0 Å². The molecule has 8 heteroatoms. The molecular formula is C22H23ClN4OS2. The topological polar surface area (TPSA) is 44.5 Å². The van der Waals surface area contributed by atoms with Crippen molar-refractivity contribution in [2.75, 3.05) is 27.2 Å². The Hall–Kier alpha value is -2.06. The number of nitrogens with one attached hydrogen (secondary N) is 1. The fraction of sp³-hybridized carbons (Fsp3) is 0.273. The van der Waals surface area contributed by atoms with Crippen LogP contribution in [0.5, 0.6) is 0 Å². The van der Waals surface area contributed by atoms with Crippen molar-refractivity contribution in [3.05, 3.63) is 77.3 Å². The minimum absolute atomic E-state index is 0.0630.